The van der Waals surface area contributed by atoms with Gasteiger partial charge in [-0.2, -0.15) is 13.2 Å². The summed E-state index contributed by atoms with van der Waals surface area (Å²) in [6, 6.07) is 3.76. The normalized spacial score (nSPS) is 12.4. The zero-order valence-corrected chi connectivity index (χ0v) is 12.5. The smallest absolute Gasteiger partial charge is 0.207 e. The molecule has 0 aliphatic carbocycles. The summed E-state index contributed by atoms with van der Waals surface area (Å²) < 4.78 is 104. The molecule has 0 radical (unpaired) electrons. The third-order valence-electron chi connectivity index (χ3n) is 3.01. The van der Waals surface area contributed by atoms with E-state index in [1.54, 1.807) is 4.72 Å². The standard InChI is InChI=1S/C14H9F6NO2S/c15-10-5-4-9(14(18,19)20)6-8(10)7-21-24(22,23)13-11(16)2-1-3-12(13)17/h1-6,21H,7H2. The van der Waals surface area contributed by atoms with Crippen LogP contribution in [0, 0.1) is 17.5 Å². The van der Waals surface area contributed by atoms with Crippen LogP contribution in [-0.2, 0) is 22.7 Å². The van der Waals surface area contributed by atoms with Crippen LogP contribution in [0.15, 0.2) is 41.3 Å². The summed E-state index contributed by atoms with van der Waals surface area (Å²) in [5.41, 5.74) is -1.81. The molecule has 3 nitrogen and oxygen atoms in total. The van der Waals surface area contributed by atoms with Gasteiger partial charge in [0.2, 0.25) is 10.0 Å². The maximum atomic E-state index is 13.5. The lowest BCUT2D eigenvalue weighted by atomic mass is 10.1. The van der Waals surface area contributed by atoms with Crippen LogP contribution in [0.1, 0.15) is 11.1 Å². The maximum absolute atomic E-state index is 13.5. The van der Waals surface area contributed by atoms with Gasteiger partial charge in [-0.15, -0.1) is 0 Å². The van der Waals surface area contributed by atoms with E-state index in [1.165, 1.54) is 0 Å². The van der Waals surface area contributed by atoms with Crippen molar-refractivity contribution < 1.29 is 34.8 Å². The maximum Gasteiger partial charge on any atom is 0.416 e. The SMILES string of the molecule is O=S(=O)(NCc1cc(C(F)(F)F)ccc1F)c1c(F)cccc1F. The molecule has 0 saturated heterocycles. The second kappa shape index (κ2) is 6.44. The van der Waals surface area contributed by atoms with Gasteiger partial charge in [-0.05, 0) is 30.3 Å². The zero-order valence-electron chi connectivity index (χ0n) is 11.7. The summed E-state index contributed by atoms with van der Waals surface area (Å²) >= 11 is 0. The Bertz CT molecular complexity index is 844. The Kier molecular flexibility index (Phi) is 4.90. The van der Waals surface area contributed by atoms with Crippen LogP contribution in [0.3, 0.4) is 0 Å². The minimum Gasteiger partial charge on any atom is -0.207 e. The molecule has 1 N–H and O–H groups in total. The fraction of sp³-hybridized carbons (Fsp3) is 0.143. The number of alkyl halides is 3. The number of hydrogen-bond acceptors (Lipinski definition) is 2. The van der Waals surface area contributed by atoms with E-state index in [4.69, 9.17) is 0 Å². The van der Waals surface area contributed by atoms with E-state index in [1.807, 2.05) is 0 Å². The molecule has 0 unspecified atom stereocenters. The first-order valence-corrected chi connectivity index (χ1v) is 7.80. The second-order valence-electron chi connectivity index (χ2n) is 4.68. The van der Waals surface area contributed by atoms with Crippen LogP contribution in [0.4, 0.5) is 26.3 Å². The van der Waals surface area contributed by atoms with Gasteiger partial charge in [0.25, 0.3) is 0 Å². The lowest BCUT2D eigenvalue weighted by Crippen LogP contribution is -2.26. The molecule has 0 aliphatic rings. The zero-order chi connectivity index (χ0) is 18.1. The Labute approximate surface area is 133 Å². The van der Waals surface area contributed by atoms with Crippen molar-refractivity contribution in [1.29, 1.82) is 0 Å². The minimum atomic E-state index is -4.75. The highest BCUT2D eigenvalue weighted by Gasteiger charge is 2.31. The Balaban J connectivity index is 2.31. The third kappa shape index (κ3) is 3.88. The van der Waals surface area contributed by atoms with Gasteiger partial charge < -0.3 is 0 Å². The van der Waals surface area contributed by atoms with E-state index in [-0.39, 0.29) is 0 Å². The fourth-order valence-electron chi connectivity index (χ4n) is 1.87. The van der Waals surface area contributed by atoms with E-state index in [2.05, 4.69) is 0 Å². The molecular formula is C14H9F6NO2S. The molecule has 0 aromatic heterocycles. The van der Waals surface area contributed by atoms with Crippen LogP contribution < -0.4 is 4.72 Å². The average Bonchev–Trinajstić information content (AvgIpc) is 2.44. The first-order valence-electron chi connectivity index (χ1n) is 6.31. The van der Waals surface area contributed by atoms with E-state index in [0.29, 0.717) is 30.3 Å². The topological polar surface area (TPSA) is 46.2 Å². The lowest BCUT2D eigenvalue weighted by Gasteiger charge is -2.11. The third-order valence-corrected chi connectivity index (χ3v) is 4.47. The summed E-state index contributed by atoms with van der Waals surface area (Å²) in [5, 5.41) is 0. The molecule has 0 aliphatic heterocycles. The van der Waals surface area contributed by atoms with Crippen LogP contribution >= 0.6 is 0 Å². The highest BCUT2D eigenvalue weighted by Crippen LogP contribution is 2.30. The number of sulfonamides is 1. The molecule has 0 spiro atoms. The second-order valence-corrected chi connectivity index (χ2v) is 6.38. The van der Waals surface area contributed by atoms with Gasteiger partial charge in [0.15, 0.2) is 4.90 Å². The van der Waals surface area contributed by atoms with Gasteiger partial charge >= 0.3 is 6.18 Å². The largest absolute Gasteiger partial charge is 0.416 e. The van der Waals surface area contributed by atoms with Crippen molar-refractivity contribution in [2.24, 2.45) is 0 Å². The molecule has 130 valence electrons. The van der Waals surface area contributed by atoms with Gasteiger partial charge in [0, 0.05) is 12.1 Å². The van der Waals surface area contributed by atoms with Crippen LogP contribution in [0.25, 0.3) is 0 Å². The van der Waals surface area contributed by atoms with Crippen molar-refractivity contribution in [1.82, 2.24) is 4.72 Å². The monoisotopic (exact) mass is 369 g/mol. The molecule has 0 heterocycles. The molecule has 10 heteroatoms. The molecule has 2 rings (SSSR count). The van der Waals surface area contributed by atoms with Crippen molar-refractivity contribution in [2.45, 2.75) is 17.6 Å². The summed E-state index contributed by atoms with van der Waals surface area (Å²) in [4.78, 5) is -1.29. The fourth-order valence-corrected chi connectivity index (χ4v) is 3.01. The number of benzene rings is 2. The molecule has 0 atom stereocenters. The van der Waals surface area contributed by atoms with Gasteiger partial charge in [0.1, 0.15) is 17.5 Å². The quantitative estimate of drug-likeness (QED) is 0.837. The first kappa shape index (κ1) is 18.3. The number of nitrogens with one attached hydrogen (secondary N) is 1. The molecule has 0 bridgehead atoms. The van der Waals surface area contributed by atoms with Gasteiger partial charge in [-0.25, -0.2) is 26.3 Å². The molecule has 0 fully saturated rings. The highest BCUT2D eigenvalue weighted by molar-refractivity contribution is 7.89. The van der Waals surface area contributed by atoms with E-state index < -0.39 is 56.2 Å². The van der Waals surface area contributed by atoms with Crippen LogP contribution in [0.2, 0.25) is 0 Å². The molecule has 2 aromatic carbocycles. The van der Waals surface area contributed by atoms with Gasteiger partial charge in [-0.1, -0.05) is 6.07 Å². The van der Waals surface area contributed by atoms with E-state index in [0.717, 1.165) is 6.07 Å². The summed E-state index contributed by atoms with van der Waals surface area (Å²) in [5.74, 6) is -3.86. The average molecular weight is 369 g/mol. The molecule has 0 amide bonds. The number of halogens is 6. The van der Waals surface area contributed by atoms with Crippen LogP contribution in [-0.4, -0.2) is 8.42 Å². The van der Waals surface area contributed by atoms with Gasteiger partial charge in [-0.3, -0.25) is 0 Å². The van der Waals surface area contributed by atoms with Crippen molar-refractivity contribution in [3.8, 4) is 0 Å². The highest BCUT2D eigenvalue weighted by atomic mass is 32.2. The molecule has 2 aromatic rings. The van der Waals surface area contributed by atoms with Crippen molar-refractivity contribution >= 4 is 10.0 Å². The summed E-state index contributed by atoms with van der Waals surface area (Å²) in [6.07, 6.45) is -4.75. The van der Waals surface area contributed by atoms with Crippen LogP contribution in [0.5, 0.6) is 0 Å². The van der Waals surface area contributed by atoms with Crippen molar-refractivity contribution in [3.63, 3.8) is 0 Å². The Hall–Kier alpha value is -2.07. The van der Waals surface area contributed by atoms with E-state index in [9.17, 15) is 34.8 Å². The molecule has 0 saturated carbocycles. The lowest BCUT2D eigenvalue weighted by molar-refractivity contribution is -0.137. The Morgan fingerprint density at radius 3 is 2.04 bits per heavy atom. The van der Waals surface area contributed by atoms with Gasteiger partial charge in [0.05, 0.1) is 5.56 Å². The van der Waals surface area contributed by atoms with Crippen molar-refractivity contribution in [3.05, 3.63) is 65.0 Å². The molecular weight excluding hydrogens is 360 g/mol. The summed E-state index contributed by atoms with van der Waals surface area (Å²) in [7, 11) is -4.73. The number of rotatable bonds is 4. The number of hydrogen-bond donors (Lipinski definition) is 1. The minimum absolute atomic E-state index is 0.412. The Morgan fingerprint density at radius 1 is 0.917 bits per heavy atom. The predicted molar refractivity (Wildman–Crippen MR) is 71.8 cm³/mol. The first-order chi connectivity index (χ1) is 11.0. The predicted octanol–water partition coefficient (Wildman–Crippen LogP) is 3.60. The Morgan fingerprint density at radius 2 is 1.50 bits per heavy atom. The van der Waals surface area contributed by atoms with Crippen molar-refractivity contribution in [2.75, 3.05) is 0 Å². The summed E-state index contributed by atoms with van der Waals surface area (Å²) in [6.45, 7) is -0.911. The molecule has 24 heavy (non-hydrogen) atoms. The van der Waals surface area contributed by atoms with E-state index >= 15 is 0 Å².